The minimum Gasteiger partial charge on any atom is -0.394 e. The molecule has 5 nitrogen and oxygen atoms in total. The van der Waals surface area contributed by atoms with Crippen LogP contribution in [-0.2, 0) is 6.54 Å². The van der Waals surface area contributed by atoms with Crippen molar-refractivity contribution in [2.75, 3.05) is 6.61 Å². The van der Waals surface area contributed by atoms with E-state index in [1.54, 1.807) is 10.9 Å². The van der Waals surface area contributed by atoms with Gasteiger partial charge in [0.25, 0.3) is 5.91 Å². The average molecular weight is 303 g/mol. The molecule has 4 aliphatic carbocycles. The van der Waals surface area contributed by atoms with E-state index in [-0.39, 0.29) is 18.1 Å². The molecule has 0 radical (unpaired) electrons. The van der Waals surface area contributed by atoms with Gasteiger partial charge in [-0.2, -0.15) is 5.10 Å². The third-order valence-electron chi connectivity index (χ3n) is 6.08. The third kappa shape index (κ3) is 2.26. The molecule has 1 aromatic heterocycles. The lowest BCUT2D eigenvalue weighted by molar-refractivity contribution is -0.0167. The third-order valence-corrected chi connectivity index (χ3v) is 6.08. The van der Waals surface area contributed by atoms with E-state index in [4.69, 9.17) is 5.11 Å². The first-order chi connectivity index (χ1) is 10.6. The van der Waals surface area contributed by atoms with Crippen LogP contribution in [0.3, 0.4) is 0 Å². The Kier molecular flexibility index (Phi) is 3.29. The van der Waals surface area contributed by atoms with Gasteiger partial charge < -0.3 is 10.4 Å². The summed E-state index contributed by atoms with van der Waals surface area (Å²) in [4.78, 5) is 12.7. The van der Waals surface area contributed by atoms with Crippen LogP contribution in [0.5, 0.6) is 0 Å². The molecular formula is C17H25N3O2. The Hall–Kier alpha value is -1.36. The maximum absolute atomic E-state index is 12.7. The number of hydrogen-bond donors (Lipinski definition) is 2. The molecule has 0 atom stereocenters. The Morgan fingerprint density at radius 2 is 1.91 bits per heavy atom. The van der Waals surface area contributed by atoms with Gasteiger partial charge in [0.15, 0.2) is 0 Å². The Bertz CT molecular complexity index is 557. The summed E-state index contributed by atoms with van der Waals surface area (Å²) < 4.78 is 1.70. The highest BCUT2D eigenvalue weighted by Crippen LogP contribution is 2.55. The van der Waals surface area contributed by atoms with Crippen LogP contribution in [0.25, 0.3) is 0 Å². The standard InChI is InChI=1S/C17H25N3O2/c1-11-15(10-18-20(11)2-3-21)16(22)19-17-7-12-4-13(8-17)6-14(5-12)9-17/h10,12-14,21H,2-9H2,1H3,(H,19,22). The Morgan fingerprint density at radius 3 is 2.45 bits per heavy atom. The van der Waals surface area contributed by atoms with E-state index in [9.17, 15) is 4.79 Å². The quantitative estimate of drug-likeness (QED) is 0.892. The minimum atomic E-state index is 0.0173. The fourth-order valence-corrected chi connectivity index (χ4v) is 5.56. The Morgan fingerprint density at radius 1 is 1.32 bits per heavy atom. The maximum Gasteiger partial charge on any atom is 0.255 e. The molecule has 1 amide bonds. The Balaban J connectivity index is 1.52. The van der Waals surface area contributed by atoms with E-state index in [1.165, 1.54) is 19.3 Å². The molecule has 4 aliphatic rings. The highest BCUT2D eigenvalue weighted by Gasteiger charge is 2.51. The lowest BCUT2D eigenvalue weighted by atomic mass is 9.53. The number of hydrogen-bond acceptors (Lipinski definition) is 3. The second-order valence-corrected chi connectivity index (χ2v) is 7.74. The minimum absolute atomic E-state index is 0.0173. The van der Waals surface area contributed by atoms with Crippen molar-refractivity contribution in [1.29, 1.82) is 0 Å². The van der Waals surface area contributed by atoms with Gasteiger partial charge >= 0.3 is 0 Å². The van der Waals surface area contributed by atoms with Crippen molar-refractivity contribution < 1.29 is 9.90 Å². The zero-order chi connectivity index (χ0) is 15.3. The monoisotopic (exact) mass is 303 g/mol. The highest BCUT2D eigenvalue weighted by molar-refractivity contribution is 5.95. The number of carbonyl (C=O) groups excluding carboxylic acids is 1. The summed E-state index contributed by atoms with van der Waals surface area (Å²) in [5, 5.41) is 16.6. The van der Waals surface area contributed by atoms with E-state index in [0.29, 0.717) is 12.1 Å². The van der Waals surface area contributed by atoms with Crippen molar-refractivity contribution in [1.82, 2.24) is 15.1 Å². The van der Waals surface area contributed by atoms with Crippen LogP contribution in [0.4, 0.5) is 0 Å². The molecule has 5 rings (SSSR count). The van der Waals surface area contributed by atoms with Gasteiger partial charge in [0, 0.05) is 11.2 Å². The molecule has 1 aromatic rings. The maximum atomic E-state index is 12.7. The number of carbonyl (C=O) groups is 1. The first-order valence-corrected chi connectivity index (χ1v) is 8.54. The van der Waals surface area contributed by atoms with E-state index in [2.05, 4.69) is 10.4 Å². The fourth-order valence-electron chi connectivity index (χ4n) is 5.56. The van der Waals surface area contributed by atoms with E-state index in [0.717, 1.165) is 42.7 Å². The first-order valence-electron chi connectivity index (χ1n) is 8.54. The van der Waals surface area contributed by atoms with E-state index >= 15 is 0 Å². The molecule has 4 saturated carbocycles. The second kappa shape index (κ2) is 5.08. The van der Waals surface area contributed by atoms with Gasteiger partial charge in [-0.1, -0.05) is 0 Å². The number of aliphatic hydroxyl groups is 1. The molecule has 0 saturated heterocycles. The molecule has 0 spiro atoms. The van der Waals surface area contributed by atoms with Gasteiger partial charge in [-0.25, -0.2) is 0 Å². The number of nitrogens with one attached hydrogen (secondary N) is 1. The molecular weight excluding hydrogens is 278 g/mol. The fraction of sp³-hybridized carbons (Fsp3) is 0.765. The zero-order valence-electron chi connectivity index (χ0n) is 13.2. The molecule has 4 fully saturated rings. The van der Waals surface area contributed by atoms with Crippen molar-refractivity contribution in [3.8, 4) is 0 Å². The number of aromatic nitrogens is 2. The van der Waals surface area contributed by atoms with Crippen LogP contribution in [0.1, 0.15) is 54.6 Å². The predicted octanol–water partition coefficient (Wildman–Crippen LogP) is 1.88. The largest absolute Gasteiger partial charge is 0.394 e. The van der Waals surface area contributed by atoms with Crippen LogP contribution in [-0.4, -0.2) is 32.9 Å². The van der Waals surface area contributed by atoms with Crippen molar-refractivity contribution in [3.63, 3.8) is 0 Å². The zero-order valence-corrected chi connectivity index (χ0v) is 13.2. The molecule has 5 heteroatoms. The van der Waals surface area contributed by atoms with Gasteiger partial charge in [0.1, 0.15) is 0 Å². The number of rotatable bonds is 4. The van der Waals surface area contributed by atoms with Gasteiger partial charge in [0.2, 0.25) is 0 Å². The second-order valence-electron chi connectivity index (χ2n) is 7.74. The molecule has 0 aliphatic heterocycles. The average Bonchev–Trinajstić information content (AvgIpc) is 2.78. The first kappa shape index (κ1) is 14.2. The smallest absolute Gasteiger partial charge is 0.255 e. The normalized spacial score (nSPS) is 35.8. The molecule has 0 unspecified atom stereocenters. The predicted molar refractivity (Wildman–Crippen MR) is 82.4 cm³/mol. The van der Waals surface area contributed by atoms with Crippen LogP contribution in [0.15, 0.2) is 6.20 Å². The van der Waals surface area contributed by atoms with E-state index in [1.807, 2.05) is 6.92 Å². The summed E-state index contributed by atoms with van der Waals surface area (Å²) in [6, 6.07) is 0. The summed E-state index contributed by atoms with van der Waals surface area (Å²) in [6.07, 6.45) is 9.26. The summed E-state index contributed by atoms with van der Waals surface area (Å²) in [5.74, 6) is 2.49. The van der Waals surface area contributed by atoms with Crippen LogP contribution in [0, 0.1) is 24.7 Å². The van der Waals surface area contributed by atoms with Crippen LogP contribution in [0.2, 0.25) is 0 Å². The number of nitrogens with zero attached hydrogens (tertiary/aromatic N) is 2. The van der Waals surface area contributed by atoms with Crippen molar-refractivity contribution in [2.24, 2.45) is 17.8 Å². The number of aliphatic hydroxyl groups excluding tert-OH is 1. The van der Waals surface area contributed by atoms with Crippen molar-refractivity contribution >= 4 is 5.91 Å². The van der Waals surface area contributed by atoms with Crippen LogP contribution < -0.4 is 5.32 Å². The van der Waals surface area contributed by atoms with Gasteiger partial charge in [0.05, 0.1) is 24.9 Å². The SMILES string of the molecule is Cc1c(C(=O)NC23CC4CC(CC(C4)C2)C3)cnn1CCO. The number of amides is 1. The molecule has 4 bridgehead atoms. The van der Waals surface area contributed by atoms with Crippen molar-refractivity contribution in [2.45, 2.75) is 57.5 Å². The van der Waals surface area contributed by atoms with Crippen molar-refractivity contribution in [3.05, 3.63) is 17.5 Å². The van der Waals surface area contributed by atoms with Gasteiger partial charge in [-0.3, -0.25) is 9.48 Å². The van der Waals surface area contributed by atoms with Gasteiger partial charge in [-0.15, -0.1) is 0 Å². The van der Waals surface area contributed by atoms with Gasteiger partial charge in [-0.05, 0) is 63.2 Å². The highest BCUT2D eigenvalue weighted by atomic mass is 16.3. The molecule has 22 heavy (non-hydrogen) atoms. The lowest BCUT2D eigenvalue weighted by Crippen LogP contribution is -2.59. The molecule has 120 valence electrons. The summed E-state index contributed by atoms with van der Waals surface area (Å²) >= 11 is 0. The summed E-state index contributed by atoms with van der Waals surface area (Å²) in [5.41, 5.74) is 1.54. The molecule has 0 aromatic carbocycles. The molecule has 1 heterocycles. The van der Waals surface area contributed by atoms with E-state index < -0.39 is 0 Å². The summed E-state index contributed by atoms with van der Waals surface area (Å²) in [6.45, 7) is 2.38. The Labute approximate surface area is 131 Å². The topological polar surface area (TPSA) is 67.2 Å². The van der Waals surface area contributed by atoms with Crippen LogP contribution >= 0.6 is 0 Å². The molecule has 2 N–H and O–H groups in total. The lowest BCUT2D eigenvalue weighted by Gasteiger charge is -2.56. The summed E-state index contributed by atoms with van der Waals surface area (Å²) in [7, 11) is 0.